The molecule has 4 heteroatoms. The van der Waals surface area contributed by atoms with Gasteiger partial charge in [0.1, 0.15) is 10.8 Å². The van der Waals surface area contributed by atoms with Crippen molar-refractivity contribution in [2.75, 3.05) is 0 Å². The van der Waals surface area contributed by atoms with E-state index >= 15 is 0 Å². The number of benzene rings is 2. The fourth-order valence-electron chi connectivity index (χ4n) is 1.47. The predicted octanol–water partition coefficient (Wildman–Crippen LogP) is 5.22. The van der Waals surface area contributed by atoms with E-state index in [1.165, 1.54) is 29.5 Å². The Balaban J connectivity index is 2.11. The van der Waals surface area contributed by atoms with Crippen molar-refractivity contribution in [1.82, 2.24) is 0 Å². The third kappa shape index (κ3) is 3.03. The van der Waals surface area contributed by atoms with Crippen LogP contribution in [-0.4, -0.2) is 0 Å². The normalized spacial score (nSPS) is 10.7. The van der Waals surface area contributed by atoms with Crippen molar-refractivity contribution in [3.05, 3.63) is 64.2 Å². The van der Waals surface area contributed by atoms with Gasteiger partial charge in [-0.25, -0.2) is 8.78 Å². The molecular formula is C14H11ClF2S. The van der Waals surface area contributed by atoms with Crippen LogP contribution in [-0.2, 0) is 5.75 Å². The van der Waals surface area contributed by atoms with Gasteiger partial charge in [-0.3, -0.25) is 0 Å². The van der Waals surface area contributed by atoms with E-state index < -0.39 is 16.7 Å². The van der Waals surface area contributed by atoms with Crippen molar-refractivity contribution in [1.29, 1.82) is 0 Å². The number of aryl methyl sites for hydroxylation is 1. The Morgan fingerprint density at radius 2 is 1.72 bits per heavy atom. The second-order valence-electron chi connectivity index (χ2n) is 3.95. The summed E-state index contributed by atoms with van der Waals surface area (Å²) in [5, 5.41) is -0.441. The molecule has 0 fully saturated rings. The van der Waals surface area contributed by atoms with E-state index in [4.69, 9.17) is 11.6 Å². The van der Waals surface area contributed by atoms with E-state index in [1.807, 2.05) is 31.2 Å². The van der Waals surface area contributed by atoms with E-state index in [1.54, 1.807) is 0 Å². The van der Waals surface area contributed by atoms with Crippen LogP contribution < -0.4 is 0 Å². The summed E-state index contributed by atoms with van der Waals surface area (Å²) < 4.78 is 26.6. The molecule has 0 aliphatic rings. The summed E-state index contributed by atoms with van der Waals surface area (Å²) in [5.74, 6) is -0.790. The van der Waals surface area contributed by atoms with E-state index in [9.17, 15) is 8.78 Å². The van der Waals surface area contributed by atoms with Gasteiger partial charge in [0.05, 0.1) is 0 Å². The Hall–Kier alpha value is -1.06. The highest BCUT2D eigenvalue weighted by Crippen LogP contribution is 2.30. The van der Waals surface area contributed by atoms with Crippen LogP contribution in [0.3, 0.4) is 0 Å². The quantitative estimate of drug-likeness (QED) is 0.550. The predicted molar refractivity (Wildman–Crippen MR) is 72.1 cm³/mol. The van der Waals surface area contributed by atoms with Gasteiger partial charge in [0, 0.05) is 10.6 Å². The Kier molecular flexibility index (Phi) is 4.25. The van der Waals surface area contributed by atoms with Crippen molar-refractivity contribution < 1.29 is 8.78 Å². The molecule has 0 radical (unpaired) electrons. The fourth-order valence-corrected chi connectivity index (χ4v) is 2.59. The maximum Gasteiger partial charge on any atom is 0.158 e. The third-order valence-corrected chi connectivity index (χ3v) is 3.97. The largest absolute Gasteiger partial charge is 0.205 e. The summed E-state index contributed by atoms with van der Waals surface area (Å²) >= 11 is 6.82. The average molecular weight is 285 g/mol. The molecule has 0 saturated heterocycles. The Labute approximate surface area is 114 Å². The molecule has 0 heterocycles. The number of halogens is 3. The topological polar surface area (TPSA) is 0 Å². The standard InChI is InChI=1S/C14H11ClF2S/c1-9-2-4-10(5-3-9)8-18-12-7-6-11(16)13(15)14(12)17/h2-7H,8H2,1H3. The van der Waals surface area contributed by atoms with E-state index in [0.717, 1.165) is 5.56 Å². The number of hydrogen-bond donors (Lipinski definition) is 0. The second kappa shape index (κ2) is 5.72. The molecule has 0 amide bonds. The summed E-state index contributed by atoms with van der Waals surface area (Å²) in [6, 6.07) is 10.6. The van der Waals surface area contributed by atoms with Crippen LogP contribution in [0.15, 0.2) is 41.3 Å². The molecule has 0 saturated carbocycles. The second-order valence-corrected chi connectivity index (χ2v) is 5.34. The molecular weight excluding hydrogens is 274 g/mol. The van der Waals surface area contributed by atoms with Gasteiger partial charge in [-0.1, -0.05) is 41.4 Å². The fraction of sp³-hybridized carbons (Fsp3) is 0.143. The van der Waals surface area contributed by atoms with Crippen molar-refractivity contribution in [3.8, 4) is 0 Å². The van der Waals surface area contributed by atoms with E-state index in [2.05, 4.69) is 0 Å². The highest BCUT2D eigenvalue weighted by molar-refractivity contribution is 7.98. The third-order valence-electron chi connectivity index (χ3n) is 2.51. The summed E-state index contributed by atoms with van der Waals surface area (Å²) in [5.41, 5.74) is 2.27. The average Bonchev–Trinajstić information content (AvgIpc) is 2.37. The SMILES string of the molecule is Cc1ccc(CSc2ccc(F)c(Cl)c2F)cc1. The van der Waals surface area contributed by atoms with Crippen LogP contribution in [0.4, 0.5) is 8.78 Å². The zero-order chi connectivity index (χ0) is 13.1. The van der Waals surface area contributed by atoms with Gasteiger partial charge in [0.15, 0.2) is 5.82 Å². The van der Waals surface area contributed by atoms with Gasteiger partial charge in [-0.05, 0) is 24.6 Å². The zero-order valence-corrected chi connectivity index (χ0v) is 11.3. The highest BCUT2D eigenvalue weighted by atomic mass is 35.5. The molecule has 94 valence electrons. The van der Waals surface area contributed by atoms with Crippen LogP contribution in [0, 0.1) is 18.6 Å². The summed E-state index contributed by atoms with van der Waals surface area (Å²) in [6.07, 6.45) is 0. The maximum absolute atomic E-state index is 13.6. The maximum atomic E-state index is 13.6. The molecule has 0 aliphatic carbocycles. The monoisotopic (exact) mass is 284 g/mol. The Morgan fingerprint density at radius 1 is 1.06 bits per heavy atom. The van der Waals surface area contributed by atoms with Gasteiger partial charge in [-0.2, -0.15) is 0 Å². The van der Waals surface area contributed by atoms with Gasteiger partial charge < -0.3 is 0 Å². The first kappa shape index (κ1) is 13.4. The molecule has 0 aromatic heterocycles. The minimum atomic E-state index is -0.728. The van der Waals surface area contributed by atoms with Gasteiger partial charge >= 0.3 is 0 Å². The molecule has 0 nitrogen and oxygen atoms in total. The first-order valence-electron chi connectivity index (χ1n) is 5.40. The minimum Gasteiger partial charge on any atom is -0.205 e. The Bertz CT molecular complexity index is 552. The van der Waals surface area contributed by atoms with Crippen LogP contribution in [0.25, 0.3) is 0 Å². The summed E-state index contributed by atoms with van der Waals surface area (Å²) in [4.78, 5) is 0.363. The summed E-state index contributed by atoms with van der Waals surface area (Å²) in [6.45, 7) is 2.01. The molecule has 0 unspecified atom stereocenters. The van der Waals surface area contributed by atoms with Gasteiger partial charge in [-0.15, -0.1) is 11.8 Å². The lowest BCUT2D eigenvalue weighted by molar-refractivity contribution is 0.566. The highest BCUT2D eigenvalue weighted by Gasteiger charge is 2.11. The van der Waals surface area contributed by atoms with Crippen molar-refractivity contribution in [2.24, 2.45) is 0 Å². The van der Waals surface area contributed by atoms with Crippen LogP contribution in [0.2, 0.25) is 5.02 Å². The van der Waals surface area contributed by atoms with E-state index in [-0.39, 0.29) is 0 Å². The van der Waals surface area contributed by atoms with Crippen LogP contribution >= 0.6 is 23.4 Å². The first-order valence-corrected chi connectivity index (χ1v) is 6.76. The summed E-state index contributed by atoms with van der Waals surface area (Å²) in [7, 11) is 0. The zero-order valence-electron chi connectivity index (χ0n) is 9.71. The van der Waals surface area contributed by atoms with Gasteiger partial charge in [0.2, 0.25) is 0 Å². The van der Waals surface area contributed by atoms with Crippen molar-refractivity contribution in [3.63, 3.8) is 0 Å². The number of hydrogen-bond acceptors (Lipinski definition) is 1. The Morgan fingerprint density at radius 3 is 2.39 bits per heavy atom. The lowest BCUT2D eigenvalue weighted by atomic mass is 10.2. The number of rotatable bonds is 3. The smallest absolute Gasteiger partial charge is 0.158 e. The molecule has 0 spiro atoms. The number of thioether (sulfide) groups is 1. The molecule has 0 bridgehead atoms. The molecule has 2 rings (SSSR count). The molecule has 0 aliphatic heterocycles. The van der Waals surface area contributed by atoms with Crippen molar-refractivity contribution in [2.45, 2.75) is 17.6 Å². The lowest BCUT2D eigenvalue weighted by Crippen LogP contribution is -1.88. The van der Waals surface area contributed by atoms with Crippen LogP contribution in [0.5, 0.6) is 0 Å². The first-order chi connectivity index (χ1) is 8.58. The molecule has 18 heavy (non-hydrogen) atoms. The lowest BCUT2D eigenvalue weighted by Gasteiger charge is -2.05. The minimum absolute atomic E-state index is 0.363. The molecule has 0 atom stereocenters. The molecule has 2 aromatic carbocycles. The molecule has 2 aromatic rings. The molecule has 0 N–H and O–H groups in total. The van der Waals surface area contributed by atoms with Crippen molar-refractivity contribution >= 4 is 23.4 Å². The van der Waals surface area contributed by atoms with E-state index in [0.29, 0.717) is 10.6 Å². The van der Waals surface area contributed by atoms with Gasteiger partial charge in [0.25, 0.3) is 0 Å². The van der Waals surface area contributed by atoms with Crippen LogP contribution in [0.1, 0.15) is 11.1 Å².